The van der Waals surface area contributed by atoms with Crippen LogP contribution < -0.4 is 5.32 Å². The number of likely N-dealkylation sites (tertiary alicyclic amines) is 1. The van der Waals surface area contributed by atoms with E-state index >= 15 is 0 Å². The molecule has 1 aliphatic heterocycles. The van der Waals surface area contributed by atoms with Gasteiger partial charge in [-0.1, -0.05) is 13.8 Å². The number of H-pyrrole nitrogens is 1. The minimum Gasteiger partial charge on any atom is -0.310 e. The van der Waals surface area contributed by atoms with Gasteiger partial charge in [0.05, 0.1) is 11.9 Å². The van der Waals surface area contributed by atoms with E-state index < -0.39 is 0 Å². The molecule has 28 heavy (non-hydrogen) atoms. The zero-order valence-electron chi connectivity index (χ0n) is 16.4. The number of pyridine rings is 2. The summed E-state index contributed by atoms with van der Waals surface area (Å²) in [5.74, 6) is 1.38. The number of nitrogens with one attached hydrogen (secondary N) is 2. The van der Waals surface area contributed by atoms with E-state index in [9.17, 15) is 4.79 Å². The highest BCUT2D eigenvalue weighted by Crippen LogP contribution is 2.24. The summed E-state index contributed by atoms with van der Waals surface area (Å²) >= 11 is 0. The molecular weight excluding hydrogens is 352 g/mol. The fraction of sp³-hybridized carbons (Fsp3) is 0.429. The van der Waals surface area contributed by atoms with Crippen molar-refractivity contribution in [2.45, 2.75) is 26.7 Å². The summed E-state index contributed by atoms with van der Waals surface area (Å²) < 4.78 is 0. The number of fused-ring (bicyclic) bond motifs is 1. The molecule has 3 aromatic heterocycles. The zero-order valence-corrected chi connectivity index (χ0v) is 16.4. The number of hydrogen-bond donors (Lipinski definition) is 2. The Bertz CT molecular complexity index is 945. The van der Waals surface area contributed by atoms with Crippen molar-refractivity contribution in [1.82, 2.24) is 25.1 Å². The van der Waals surface area contributed by atoms with Gasteiger partial charge in [0, 0.05) is 42.0 Å². The molecule has 0 aliphatic carbocycles. The molecule has 7 heteroatoms. The van der Waals surface area contributed by atoms with Crippen LogP contribution in [0.2, 0.25) is 0 Å². The number of carbonyl (C=O) groups is 1. The van der Waals surface area contributed by atoms with E-state index in [-0.39, 0.29) is 11.8 Å². The second-order valence-corrected chi connectivity index (χ2v) is 7.93. The van der Waals surface area contributed by atoms with Crippen molar-refractivity contribution < 1.29 is 4.79 Å². The number of nitrogens with zero attached hydrogens (tertiary/aromatic N) is 4. The first kappa shape index (κ1) is 18.6. The highest BCUT2D eigenvalue weighted by atomic mass is 16.1. The minimum absolute atomic E-state index is 0.0554. The van der Waals surface area contributed by atoms with Gasteiger partial charge in [0.25, 0.3) is 0 Å². The van der Waals surface area contributed by atoms with Gasteiger partial charge in [-0.05, 0) is 49.4 Å². The molecule has 1 amide bonds. The average molecular weight is 378 g/mol. The third kappa shape index (κ3) is 4.20. The van der Waals surface area contributed by atoms with Gasteiger partial charge in [0.2, 0.25) is 5.91 Å². The first-order valence-electron chi connectivity index (χ1n) is 9.86. The van der Waals surface area contributed by atoms with Crippen molar-refractivity contribution in [3.8, 4) is 11.3 Å². The first-order chi connectivity index (χ1) is 13.6. The molecule has 0 saturated carbocycles. The van der Waals surface area contributed by atoms with Gasteiger partial charge in [-0.2, -0.15) is 5.10 Å². The predicted molar refractivity (Wildman–Crippen MR) is 110 cm³/mol. The van der Waals surface area contributed by atoms with Crippen LogP contribution in [0.1, 0.15) is 26.7 Å². The second kappa shape index (κ2) is 8.06. The van der Waals surface area contributed by atoms with Gasteiger partial charge in [-0.25, -0.2) is 4.98 Å². The number of anilines is 1. The number of carbonyl (C=O) groups excluding carboxylic acids is 1. The highest BCUT2D eigenvalue weighted by molar-refractivity contribution is 5.94. The average Bonchev–Trinajstić information content (AvgIpc) is 3.22. The quantitative estimate of drug-likeness (QED) is 0.711. The molecule has 0 radical (unpaired) electrons. The van der Waals surface area contributed by atoms with Crippen LogP contribution in [0.3, 0.4) is 0 Å². The maximum Gasteiger partial charge on any atom is 0.228 e. The SMILES string of the molecule is CC(C)CN1CCC(C(=O)Nc2cc3cc(-c4cn[nH]c4)ncc3cn2)CC1. The first-order valence-corrected chi connectivity index (χ1v) is 9.86. The van der Waals surface area contributed by atoms with Gasteiger partial charge in [-0.3, -0.25) is 14.9 Å². The van der Waals surface area contributed by atoms with Crippen LogP contribution in [0.5, 0.6) is 0 Å². The molecule has 1 aliphatic rings. The summed E-state index contributed by atoms with van der Waals surface area (Å²) in [5.41, 5.74) is 1.76. The van der Waals surface area contributed by atoms with Crippen LogP contribution in [-0.2, 0) is 4.79 Å². The third-order valence-corrected chi connectivity index (χ3v) is 5.23. The van der Waals surface area contributed by atoms with Crippen LogP contribution in [-0.4, -0.2) is 50.6 Å². The fourth-order valence-electron chi connectivity index (χ4n) is 3.78. The van der Waals surface area contributed by atoms with Crippen molar-refractivity contribution in [2.24, 2.45) is 11.8 Å². The third-order valence-electron chi connectivity index (χ3n) is 5.23. The van der Waals surface area contributed by atoms with E-state index in [1.165, 1.54) is 0 Å². The topological polar surface area (TPSA) is 86.8 Å². The van der Waals surface area contributed by atoms with Crippen molar-refractivity contribution >= 4 is 22.5 Å². The molecule has 146 valence electrons. The number of piperidine rings is 1. The second-order valence-electron chi connectivity index (χ2n) is 7.93. The maximum atomic E-state index is 12.7. The van der Waals surface area contributed by atoms with Crippen molar-refractivity contribution in [3.05, 3.63) is 36.9 Å². The van der Waals surface area contributed by atoms with Gasteiger partial charge in [-0.15, -0.1) is 0 Å². The molecule has 1 fully saturated rings. The number of amides is 1. The largest absolute Gasteiger partial charge is 0.310 e. The van der Waals surface area contributed by atoms with E-state index in [0.29, 0.717) is 11.7 Å². The van der Waals surface area contributed by atoms with E-state index in [1.54, 1.807) is 18.6 Å². The molecule has 3 aromatic rings. The van der Waals surface area contributed by atoms with Crippen LogP contribution in [0.15, 0.2) is 36.9 Å². The molecular formula is C21H26N6O. The Morgan fingerprint density at radius 1 is 1.18 bits per heavy atom. The summed E-state index contributed by atoms with van der Waals surface area (Å²) in [6.45, 7) is 7.55. The zero-order chi connectivity index (χ0) is 19.5. The van der Waals surface area contributed by atoms with Crippen LogP contribution in [0.25, 0.3) is 22.0 Å². The Hall–Kier alpha value is -2.80. The standard InChI is InChI=1S/C21H26N6O/c1-14(2)13-27-5-3-15(4-6-27)21(28)26-20-8-16-7-19(18-11-24-25-12-18)22-9-17(16)10-23-20/h7-12,14-15H,3-6,13H2,1-2H3,(H,24,25)(H,23,26,28). The monoisotopic (exact) mass is 378 g/mol. The van der Waals surface area contributed by atoms with Gasteiger partial charge >= 0.3 is 0 Å². The lowest BCUT2D eigenvalue weighted by atomic mass is 9.95. The summed E-state index contributed by atoms with van der Waals surface area (Å²) in [7, 11) is 0. The fourth-order valence-corrected chi connectivity index (χ4v) is 3.78. The van der Waals surface area contributed by atoms with Crippen molar-refractivity contribution in [2.75, 3.05) is 25.0 Å². The Balaban J connectivity index is 1.43. The van der Waals surface area contributed by atoms with E-state index in [0.717, 1.165) is 54.5 Å². The minimum atomic E-state index is 0.0554. The van der Waals surface area contributed by atoms with E-state index in [1.807, 2.05) is 18.3 Å². The van der Waals surface area contributed by atoms with Crippen LogP contribution in [0, 0.1) is 11.8 Å². The lowest BCUT2D eigenvalue weighted by Crippen LogP contribution is -2.39. The molecule has 0 aromatic carbocycles. The van der Waals surface area contributed by atoms with Gasteiger partial charge in [0.15, 0.2) is 0 Å². The van der Waals surface area contributed by atoms with Gasteiger partial charge in [0.1, 0.15) is 5.82 Å². The van der Waals surface area contributed by atoms with Crippen LogP contribution in [0.4, 0.5) is 5.82 Å². The number of aromatic amines is 1. The lowest BCUT2D eigenvalue weighted by Gasteiger charge is -2.32. The highest BCUT2D eigenvalue weighted by Gasteiger charge is 2.25. The van der Waals surface area contributed by atoms with Crippen molar-refractivity contribution in [1.29, 1.82) is 0 Å². The summed E-state index contributed by atoms with van der Waals surface area (Å²) in [5, 5.41) is 11.7. The lowest BCUT2D eigenvalue weighted by molar-refractivity contribution is -0.121. The number of aromatic nitrogens is 4. The molecule has 4 heterocycles. The number of rotatable bonds is 5. The summed E-state index contributed by atoms with van der Waals surface area (Å²) in [6, 6.07) is 3.90. The molecule has 0 bridgehead atoms. The molecule has 2 N–H and O–H groups in total. The van der Waals surface area contributed by atoms with Crippen molar-refractivity contribution in [3.63, 3.8) is 0 Å². The normalized spacial score (nSPS) is 16.0. The Labute approximate surface area is 164 Å². The number of hydrogen-bond acceptors (Lipinski definition) is 5. The van der Waals surface area contributed by atoms with Crippen LogP contribution >= 0.6 is 0 Å². The van der Waals surface area contributed by atoms with Gasteiger partial charge < -0.3 is 10.2 Å². The summed E-state index contributed by atoms with van der Waals surface area (Å²) in [6.07, 6.45) is 8.90. The van der Waals surface area contributed by atoms with E-state index in [4.69, 9.17) is 0 Å². The molecule has 0 unspecified atom stereocenters. The maximum absolute atomic E-state index is 12.7. The predicted octanol–water partition coefficient (Wildman–Crippen LogP) is 3.33. The Morgan fingerprint density at radius 3 is 2.68 bits per heavy atom. The molecule has 0 spiro atoms. The Kier molecular flexibility index (Phi) is 5.34. The molecule has 1 saturated heterocycles. The van der Waals surface area contributed by atoms with E-state index in [2.05, 4.69) is 44.2 Å². The molecule has 4 rings (SSSR count). The Morgan fingerprint density at radius 2 is 1.96 bits per heavy atom. The smallest absolute Gasteiger partial charge is 0.228 e. The summed E-state index contributed by atoms with van der Waals surface area (Å²) in [4.78, 5) is 24.0. The molecule has 0 atom stereocenters. The molecule has 7 nitrogen and oxygen atoms in total.